The van der Waals surface area contributed by atoms with Gasteiger partial charge in [0.25, 0.3) is 0 Å². The lowest BCUT2D eigenvalue weighted by atomic mass is 9.71. The Kier molecular flexibility index (Phi) is 4.45. The fourth-order valence-electron chi connectivity index (χ4n) is 4.41. The van der Waals surface area contributed by atoms with E-state index >= 15 is 0 Å². The first-order valence-corrected chi connectivity index (χ1v) is 9.83. The monoisotopic (exact) mass is 396 g/mol. The maximum atomic E-state index is 13.5. The lowest BCUT2D eigenvalue weighted by Gasteiger charge is -2.32. The molecule has 2 unspecified atom stereocenters. The van der Waals surface area contributed by atoms with Crippen LogP contribution in [0.15, 0.2) is 85.1 Å². The Morgan fingerprint density at radius 3 is 2.47 bits per heavy atom. The number of ether oxygens (including phenoxy) is 1. The Morgan fingerprint density at radius 1 is 0.900 bits per heavy atom. The molecule has 0 saturated heterocycles. The summed E-state index contributed by atoms with van der Waals surface area (Å²) in [5.74, 6) is -0.265. The highest BCUT2D eigenvalue weighted by Crippen LogP contribution is 2.48. The second-order valence-electron chi connectivity index (χ2n) is 7.41. The number of aromatic amines is 1. The lowest BCUT2D eigenvalue weighted by molar-refractivity contribution is -0.133. The number of aldehydes is 1. The van der Waals surface area contributed by atoms with Crippen molar-refractivity contribution in [1.82, 2.24) is 4.98 Å². The predicted molar refractivity (Wildman–Crippen MR) is 115 cm³/mol. The van der Waals surface area contributed by atoms with Crippen LogP contribution in [-0.2, 0) is 26.3 Å². The van der Waals surface area contributed by atoms with Gasteiger partial charge >= 0.3 is 0 Å². The van der Waals surface area contributed by atoms with E-state index in [0.717, 1.165) is 33.9 Å². The van der Waals surface area contributed by atoms with E-state index in [1.807, 2.05) is 85.1 Å². The van der Waals surface area contributed by atoms with Crippen LogP contribution >= 0.6 is 0 Å². The molecule has 0 saturated carbocycles. The molecule has 5 nitrogen and oxygen atoms in total. The van der Waals surface area contributed by atoms with Gasteiger partial charge in [0.1, 0.15) is 11.5 Å². The second kappa shape index (κ2) is 7.28. The zero-order valence-electron chi connectivity index (χ0n) is 16.2. The maximum Gasteiger partial charge on any atom is 0.242 e. The second-order valence-corrected chi connectivity index (χ2v) is 7.41. The number of carbonyl (C=O) groups excluding carboxylic acids is 2. The number of rotatable bonds is 6. The van der Waals surface area contributed by atoms with Crippen molar-refractivity contribution in [3.63, 3.8) is 0 Å². The van der Waals surface area contributed by atoms with Gasteiger partial charge in [-0.05, 0) is 23.3 Å². The normalized spacial score (nSPS) is 18.7. The molecule has 1 amide bonds. The number of anilines is 1. The predicted octanol–water partition coefficient (Wildman–Crippen LogP) is 4.19. The fraction of sp³-hybridized carbons (Fsp3) is 0.120. The van der Waals surface area contributed by atoms with E-state index in [9.17, 15) is 9.59 Å². The van der Waals surface area contributed by atoms with Crippen molar-refractivity contribution >= 4 is 28.8 Å². The van der Waals surface area contributed by atoms with Crippen molar-refractivity contribution in [2.24, 2.45) is 0 Å². The minimum absolute atomic E-state index is 0.226. The van der Waals surface area contributed by atoms with Crippen molar-refractivity contribution < 1.29 is 14.3 Å². The number of benzene rings is 3. The summed E-state index contributed by atoms with van der Waals surface area (Å²) in [5.41, 5.74) is 2.72. The van der Waals surface area contributed by atoms with E-state index in [0.29, 0.717) is 5.69 Å². The Labute approximate surface area is 173 Å². The van der Waals surface area contributed by atoms with E-state index in [4.69, 9.17) is 4.74 Å². The van der Waals surface area contributed by atoms with Gasteiger partial charge in [0.2, 0.25) is 5.91 Å². The zero-order chi connectivity index (χ0) is 20.6. The summed E-state index contributed by atoms with van der Waals surface area (Å²) in [4.78, 5) is 29.2. The molecule has 0 aliphatic carbocycles. The zero-order valence-corrected chi connectivity index (χ0v) is 16.2. The number of hydrogen-bond acceptors (Lipinski definition) is 3. The van der Waals surface area contributed by atoms with E-state index in [1.165, 1.54) is 0 Å². The molecule has 3 aromatic carbocycles. The van der Waals surface area contributed by atoms with Gasteiger partial charge < -0.3 is 19.8 Å². The number of H-pyrrole nitrogens is 1. The molecular formula is C25H20N2O3. The van der Waals surface area contributed by atoms with Crippen LogP contribution in [0.25, 0.3) is 10.9 Å². The van der Waals surface area contributed by atoms with Gasteiger partial charge in [0.05, 0.1) is 6.61 Å². The number of nitrogens with one attached hydrogen (secondary N) is 2. The number of hydrogen-bond donors (Lipinski definition) is 2. The molecular weight excluding hydrogens is 376 g/mol. The largest absolute Gasteiger partial charge is 0.364 e. The molecule has 2 N–H and O–H groups in total. The van der Waals surface area contributed by atoms with Gasteiger partial charge in [0.15, 0.2) is 6.29 Å². The Hall–Kier alpha value is -3.70. The third-order valence-electron chi connectivity index (χ3n) is 5.80. The third-order valence-corrected chi connectivity index (χ3v) is 5.80. The molecule has 1 aromatic heterocycles. The van der Waals surface area contributed by atoms with Crippen LogP contribution < -0.4 is 5.32 Å². The quantitative estimate of drug-likeness (QED) is 0.480. The van der Waals surface area contributed by atoms with E-state index in [2.05, 4.69) is 10.3 Å². The number of fused-ring (bicyclic) bond motifs is 2. The summed E-state index contributed by atoms with van der Waals surface area (Å²) in [6.45, 7) is 0.226. The first-order valence-electron chi connectivity index (χ1n) is 9.83. The smallest absolute Gasteiger partial charge is 0.242 e. The van der Waals surface area contributed by atoms with Crippen LogP contribution in [0, 0.1) is 0 Å². The standard InChI is InChI=1S/C25H20N2O3/c28-15-23(30-16-17-8-2-1-3-9-17)25(19-11-5-7-13-22(19)27-24(25)29)20-14-26-21-12-6-4-10-18(20)21/h1-15,23,26H,16H2,(H,27,29). The average molecular weight is 396 g/mol. The molecule has 1 aliphatic heterocycles. The van der Waals surface area contributed by atoms with Crippen LogP contribution in [0.5, 0.6) is 0 Å². The number of para-hydroxylation sites is 2. The van der Waals surface area contributed by atoms with Gasteiger partial charge in [0, 0.05) is 28.4 Å². The Morgan fingerprint density at radius 2 is 1.63 bits per heavy atom. The molecule has 1 aliphatic rings. The van der Waals surface area contributed by atoms with Crippen molar-refractivity contribution in [2.75, 3.05) is 5.32 Å². The minimum atomic E-state index is -1.28. The molecule has 0 bridgehead atoms. The fourth-order valence-corrected chi connectivity index (χ4v) is 4.41. The van der Waals surface area contributed by atoms with Gasteiger partial charge in [-0.15, -0.1) is 0 Å². The van der Waals surface area contributed by atoms with Gasteiger partial charge in [-0.2, -0.15) is 0 Å². The molecule has 5 heteroatoms. The number of amides is 1. The molecule has 0 radical (unpaired) electrons. The summed E-state index contributed by atoms with van der Waals surface area (Å²) in [6.07, 6.45) is 1.56. The molecule has 5 rings (SSSR count). The van der Waals surface area contributed by atoms with Crippen LogP contribution in [-0.4, -0.2) is 23.3 Å². The first-order chi connectivity index (χ1) is 14.7. The van der Waals surface area contributed by atoms with E-state index < -0.39 is 11.5 Å². The van der Waals surface area contributed by atoms with Crippen molar-refractivity contribution in [2.45, 2.75) is 18.1 Å². The SMILES string of the molecule is O=CC(OCc1ccccc1)C1(c2c[nH]c3ccccc23)C(=O)Nc2ccccc21. The third kappa shape index (κ3) is 2.67. The summed E-state index contributed by atoms with van der Waals surface area (Å²) in [6, 6.07) is 24.9. The number of carbonyl (C=O) groups is 2. The molecule has 2 atom stereocenters. The lowest BCUT2D eigenvalue weighted by Crippen LogP contribution is -2.48. The highest BCUT2D eigenvalue weighted by Gasteiger charge is 2.55. The molecule has 30 heavy (non-hydrogen) atoms. The maximum absolute atomic E-state index is 13.5. The number of aromatic nitrogens is 1. The van der Waals surface area contributed by atoms with Gasteiger partial charge in [-0.3, -0.25) is 4.79 Å². The van der Waals surface area contributed by atoms with Crippen LogP contribution in [0.2, 0.25) is 0 Å². The highest BCUT2D eigenvalue weighted by atomic mass is 16.5. The molecule has 0 spiro atoms. The van der Waals surface area contributed by atoms with Crippen molar-refractivity contribution in [3.05, 3.63) is 102 Å². The van der Waals surface area contributed by atoms with Crippen LogP contribution in [0.3, 0.4) is 0 Å². The Balaban J connectivity index is 1.69. The summed E-state index contributed by atoms with van der Waals surface area (Å²) >= 11 is 0. The van der Waals surface area contributed by atoms with Crippen molar-refractivity contribution in [3.8, 4) is 0 Å². The van der Waals surface area contributed by atoms with Gasteiger partial charge in [-0.1, -0.05) is 66.7 Å². The average Bonchev–Trinajstić information content (AvgIpc) is 3.34. The van der Waals surface area contributed by atoms with E-state index in [1.54, 1.807) is 0 Å². The molecule has 2 heterocycles. The highest BCUT2D eigenvalue weighted by molar-refractivity contribution is 6.13. The van der Waals surface area contributed by atoms with E-state index in [-0.39, 0.29) is 12.5 Å². The van der Waals surface area contributed by atoms with Crippen LogP contribution in [0.4, 0.5) is 5.69 Å². The first kappa shape index (κ1) is 18.3. The summed E-state index contributed by atoms with van der Waals surface area (Å²) in [5, 5.41) is 3.85. The summed E-state index contributed by atoms with van der Waals surface area (Å²) in [7, 11) is 0. The van der Waals surface area contributed by atoms with Crippen LogP contribution in [0.1, 0.15) is 16.7 Å². The Bertz CT molecular complexity index is 1230. The summed E-state index contributed by atoms with van der Waals surface area (Å²) < 4.78 is 6.12. The minimum Gasteiger partial charge on any atom is -0.364 e. The van der Waals surface area contributed by atoms with Crippen molar-refractivity contribution in [1.29, 1.82) is 0 Å². The molecule has 148 valence electrons. The molecule has 4 aromatic rings. The van der Waals surface area contributed by atoms with Gasteiger partial charge in [-0.25, -0.2) is 0 Å². The molecule has 0 fully saturated rings. The topological polar surface area (TPSA) is 71.2 Å².